The monoisotopic (exact) mass is 252 g/mol. The Morgan fingerprint density at radius 2 is 2.11 bits per heavy atom. The smallest absolute Gasteiger partial charge is 0.253 e. The van der Waals surface area contributed by atoms with E-state index in [2.05, 4.69) is 13.8 Å². The van der Waals surface area contributed by atoms with Crippen molar-refractivity contribution in [1.82, 2.24) is 4.90 Å². The molecule has 0 aromatic heterocycles. The molecule has 4 heteroatoms. The van der Waals surface area contributed by atoms with Gasteiger partial charge < -0.3 is 10.6 Å². The number of carbonyl (C=O) groups is 1. The average molecular weight is 252 g/mol. The molecule has 0 heterocycles. The van der Waals surface area contributed by atoms with Crippen molar-refractivity contribution in [2.24, 2.45) is 5.92 Å². The number of nitrogens with two attached hydrogens (primary N) is 1. The van der Waals surface area contributed by atoms with E-state index in [1.54, 1.807) is 11.0 Å². The van der Waals surface area contributed by atoms with E-state index in [1.165, 1.54) is 12.1 Å². The molecule has 1 atom stereocenters. The Balaban J connectivity index is 2.86. The van der Waals surface area contributed by atoms with Crippen LogP contribution < -0.4 is 5.73 Å². The number of hydrogen-bond acceptors (Lipinski definition) is 2. The van der Waals surface area contributed by atoms with Crippen molar-refractivity contribution in [2.45, 2.75) is 27.2 Å². The maximum atomic E-state index is 13.3. The molecule has 0 saturated heterocycles. The number of halogens is 1. The van der Waals surface area contributed by atoms with Crippen LogP contribution in [0.25, 0.3) is 0 Å². The normalized spacial score (nSPS) is 12.2. The van der Waals surface area contributed by atoms with Gasteiger partial charge in [-0.2, -0.15) is 0 Å². The fourth-order valence-corrected chi connectivity index (χ4v) is 1.70. The lowest BCUT2D eigenvalue weighted by molar-refractivity contribution is 0.0740. The van der Waals surface area contributed by atoms with Crippen LogP contribution in [0.15, 0.2) is 18.2 Å². The van der Waals surface area contributed by atoms with Gasteiger partial charge in [0.25, 0.3) is 5.91 Å². The van der Waals surface area contributed by atoms with Gasteiger partial charge in [-0.25, -0.2) is 4.39 Å². The molecule has 1 aromatic carbocycles. The van der Waals surface area contributed by atoms with Gasteiger partial charge in [0.15, 0.2) is 0 Å². The van der Waals surface area contributed by atoms with Crippen LogP contribution in [-0.4, -0.2) is 23.9 Å². The van der Waals surface area contributed by atoms with E-state index >= 15 is 0 Å². The van der Waals surface area contributed by atoms with Gasteiger partial charge in [-0.15, -0.1) is 0 Å². The average Bonchev–Trinajstić information content (AvgIpc) is 2.38. The minimum atomic E-state index is -0.541. The van der Waals surface area contributed by atoms with Crippen molar-refractivity contribution in [3.05, 3.63) is 29.6 Å². The first-order valence-electron chi connectivity index (χ1n) is 6.33. The van der Waals surface area contributed by atoms with Crippen LogP contribution in [0, 0.1) is 11.7 Å². The summed E-state index contributed by atoms with van der Waals surface area (Å²) >= 11 is 0. The highest BCUT2D eigenvalue weighted by Crippen LogP contribution is 2.15. The Morgan fingerprint density at radius 3 is 2.61 bits per heavy atom. The van der Waals surface area contributed by atoms with Gasteiger partial charge in [-0.1, -0.05) is 20.3 Å². The lowest BCUT2D eigenvalue weighted by Crippen LogP contribution is -2.34. The summed E-state index contributed by atoms with van der Waals surface area (Å²) in [7, 11) is 0. The largest absolute Gasteiger partial charge is 0.396 e. The maximum Gasteiger partial charge on any atom is 0.253 e. The highest BCUT2D eigenvalue weighted by Gasteiger charge is 2.17. The minimum Gasteiger partial charge on any atom is -0.396 e. The van der Waals surface area contributed by atoms with E-state index in [1.807, 2.05) is 6.92 Å². The third kappa shape index (κ3) is 3.45. The SMILES string of the molecule is CCC(C)CN(CC)C(=O)c1ccc(N)c(F)c1. The summed E-state index contributed by atoms with van der Waals surface area (Å²) in [4.78, 5) is 13.9. The topological polar surface area (TPSA) is 46.3 Å². The van der Waals surface area contributed by atoms with Crippen LogP contribution in [0.4, 0.5) is 10.1 Å². The van der Waals surface area contributed by atoms with Gasteiger partial charge in [-0.05, 0) is 31.0 Å². The van der Waals surface area contributed by atoms with Crippen LogP contribution in [0.3, 0.4) is 0 Å². The highest BCUT2D eigenvalue weighted by molar-refractivity contribution is 5.94. The summed E-state index contributed by atoms with van der Waals surface area (Å²) in [6.45, 7) is 7.42. The Bertz CT molecular complexity index is 420. The van der Waals surface area contributed by atoms with E-state index in [4.69, 9.17) is 5.73 Å². The molecule has 0 radical (unpaired) electrons. The first-order chi connectivity index (χ1) is 8.49. The van der Waals surface area contributed by atoms with E-state index in [0.29, 0.717) is 24.6 Å². The van der Waals surface area contributed by atoms with Gasteiger partial charge in [0, 0.05) is 18.7 Å². The van der Waals surface area contributed by atoms with E-state index < -0.39 is 5.82 Å². The first-order valence-corrected chi connectivity index (χ1v) is 6.33. The van der Waals surface area contributed by atoms with E-state index in [-0.39, 0.29) is 11.6 Å². The van der Waals surface area contributed by atoms with Crippen LogP contribution in [0.5, 0.6) is 0 Å². The van der Waals surface area contributed by atoms with E-state index in [9.17, 15) is 9.18 Å². The Kier molecular flexibility index (Phi) is 5.13. The van der Waals surface area contributed by atoms with Crippen molar-refractivity contribution >= 4 is 11.6 Å². The summed E-state index contributed by atoms with van der Waals surface area (Å²) in [5.74, 6) is -0.246. The van der Waals surface area contributed by atoms with Crippen LogP contribution in [0.2, 0.25) is 0 Å². The molecule has 0 aliphatic rings. The highest BCUT2D eigenvalue weighted by atomic mass is 19.1. The molecule has 0 spiro atoms. The van der Waals surface area contributed by atoms with Crippen molar-refractivity contribution < 1.29 is 9.18 Å². The van der Waals surface area contributed by atoms with Gasteiger partial charge in [0.2, 0.25) is 0 Å². The van der Waals surface area contributed by atoms with Gasteiger partial charge in [0.05, 0.1) is 5.69 Å². The van der Waals surface area contributed by atoms with Crippen LogP contribution >= 0.6 is 0 Å². The summed E-state index contributed by atoms with van der Waals surface area (Å²) < 4.78 is 13.3. The number of benzene rings is 1. The molecule has 3 nitrogen and oxygen atoms in total. The number of hydrogen-bond donors (Lipinski definition) is 1. The maximum absolute atomic E-state index is 13.3. The number of rotatable bonds is 5. The molecular formula is C14H21FN2O. The quantitative estimate of drug-likeness (QED) is 0.819. The van der Waals surface area contributed by atoms with E-state index in [0.717, 1.165) is 6.42 Å². The number of nitrogens with zero attached hydrogens (tertiary/aromatic N) is 1. The van der Waals surface area contributed by atoms with Crippen LogP contribution in [0.1, 0.15) is 37.6 Å². The van der Waals surface area contributed by atoms with Crippen molar-refractivity contribution in [1.29, 1.82) is 0 Å². The number of carbonyl (C=O) groups excluding carboxylic acids is 1. The number of amides is 1. The summed E-state index contributed by atoms with van der Waals surface area (Å²) in [5.41, 5.74) is 5.82. The third-order valence-electron chi connectivity index (χ3n) is 3.15. The molecule has 2 N–H and O–H groups in total. The molecule has 0 fully saturated rings. The van der Waals surface area contributed by atoms with Crippen molar-refractivity contribution in [3.63, 3.8) is 0 Å². The molecule has 1 rings (SSSR count). The Hall–Kier alpha value is -1.58. The molecule has 1 unspecified atom stereocenters. The lowest BCUT2D eigenvalue weighted by Gasteiger charge is -2.24. The minimum absolute atomic E-state index is 0.0662. The molecule has 100 valence electrons. The zero-order chi connectivity index (χ0) is 13.7. The predicted octanol–water partition coefficient (Wildman–Crippen LogP) is 2.92. The fraction of sp³-hybridized carbons (Fsp3) is 0.500. The zero-order valence-electron chi connectivity index (χ0n) is 11.2. The molecule has 0 aliphatic carbocycles. The summed E-state index contributed by atoms with van der Waals surface area (Å²) in [6.07, 6.45) is 1.01. The summed E-state index contributed by atoms with van der Waals surface area (Å²) in [6, 6.07) is 4.20. The second kappa shape index (κ2) is 6.38. The standard InChI is InChI=1S/C14H21FN2O/c1-4-10(3)9-17(5-2)14(18)11-6-7-13(16)12(15)8-11/h6-8,10H,4-5,9,16H2,1-3H3. The molecule has 0 saturated carbocycles. The zero-order valence-corrected chi connectivity index (χ0v) is 11.2. The molecular weight excluding hydrogens is 231 g/mol. The van der Waals surface area contributed by atoms with Crippen LogP contribution in [-0.2, 0) is 0 Å². The Labute approximate surface area is 108 Å². The van der Waals surface area contributed by atoms with Gasteiger partial charge in [-0.3, -0.25) is 4.79 Å². The van der Waals surface area contributed by atoms with Crippen molar-refractivity contribution in [2.75, 3.05) is 18.8 Å². The summed E-state index contributed by atoms with van der Waals surface area (Å²) in [5, 5.41) is 0. The van der Waals surface area contributed by atoms with Gasteiger partial charge >= 0.3 is 0 Å². The number of anilines is 1. The second-order valence-electron chi connectivity index (χ2n) is 4.59. The molecule has 0 bridgehead atoms. The Morgan fingerprint density at radius 1 is 1.44 bits per heavy atom. The van der Waals surface area contributed by atoms with Crippen molar-refractivity contribution in [3.8, 4) is 0 Å². The molecule has 0 aliphatic heterocycles. The second-order valence-corrected chi connectivity index (χ2v) is 4.59. The molecule has 18 heavy (non-hydrogen) atoms. The lowest BCUT2D eigenvalue weighted by atomic mass is 10.1. The first kappa shape index (κ1) is 14.5. The third-order valence-corrected chi connectivity index (χ3v) is 3.15. The molecule has 1 amide bonds. The fourth-order valence-electron chi connectivity index (χ4n) is 1.70. The number of nitrogen functional groups attached to an aromatic ring is 1. The predicted molar refractivity (Wildman–Crippen MR) is 71.8 cm³/mol. The van der Waals surface area contributed by atoms with Gasteiger partial charge in [0.1, 0.15) is 5.82 Å². The molecule has 1 aromatic rings.